The minimum atomic E-state index is -3.50. The van der Waals surface area contributed by atoms with E-state index in [1.54, 1.807) is 6.92 Å². The molecule has 1 amide bonds. The van der Waals surface area contributed by atoms with Gasteiger partial charge in [0.15, 0.2) is 0 Å². The van der Waals surface area contributed by atoms with Gasteiger partial charge in [0.25, 0.3) is 0 Å². The average Bonchev–Trinajstić information content (AvgIpc) is 2.86. The lowest BCUT2D eigenvalue weighted by Gasteiger charge is -2.33. The number of hydrogen-bond donors (Lipinski definition) is 2. The lowest BCUT2D eigenvalue weighted by atomic mass is 10.3. The van der Waals surface area contributed by atoms with Gasteiger partial charge in [-0.05, 0) is 13.8 Å². The van der Waals surface area contributed by atoms with Crippen LogP contribution in [0.15, 0.2) is 11.1 Å². The Kier molecular flexibility index (Phi) is 4.96. The second-order valence-electron chi connectivity index (χ2n) is 4.99. The number of piperazine rings is 1. The fourth-order valence-electron chi connectivity index (χ4n) is 2.32. The minimum absolute atomic E-state index is 0.0283. The maximum absolute atomic E-state index is 12.5. The SMILES string of the molecule is CCNC(=O)CN1CCN(S(=O)(=O)c2cn[nH]c2C)CC1. The highest BCUT2D eigenvalue weighted by molar-refractivity contribution is 7.89. The van der Waals surface area contributed by atoms with Crippen LogP contribution in [0.4, 0.5) is 0 Å². The molecule has 0 spiro atoms. The Morgan fingerprint density at radius 2 is 2.05 bits per heavy atom. The predicted octanol–water partition coefficient (Wildman–Crippen LogP) is -0.839. The number of H-pyrrole nitrogens is 1. The molecular weight excluding hydrogens is 294 g/mol. The first kappa shape index (κ1) is 15.9. The zero-order chi connectivity index (χ0) is 15.5. The number of nitrogens with one attached hydrogen (secondary N) is 2. The standard InChI is InChI=1S/C12H21N5O3S/c1-3-13-12(18)9-16-4-6-17(7-5-16)21(19,20)11-8-14-15-10(11)2/h8H,3-7,9H2,1-2H3,(H,13,18)(H,14,15). The molecule has 1 aromatic heterocycles. The zero-order valence-corrected chi connectivity index (χ0v) is 13.1. The fourth-order valence-corrected chi connectivity index (χ4v) is 3.86. The molecule has 0 radical (unpaired) electrons. The largest absolute Gasteiger partial charge is 0.355 e. The molecule has 1 fully saturated rings. The zero-order valence-electron chi connectivity index (χ0n) is 12.3. The van der Waals surface area contributed by atoms with Crippen LogP contribution in [0.3, 0.4) is 0 Å². The first-order valence-electron chi connectivity index (χ1n) is 6.94. The van der Waals surface area contributed by atoms with Crippen LogP contribution in [0, 0.1) is 6.92 Å². The molecule has 8 nitrogen and oxygen atoms in total. The van der Waals surface area contributed by atoms with E-state index in [1.165, 1.54) is 10.5 Å². The Morgan fingerprint density at radius 3 is 2.57 bits per heavy atom. The number of aromatic amines is 1. The van der Waals surface area contributed by atoms with E-state index < -0.39 is 10.0 Å². The molecule has 0 atom stereocenters. The van der Waals surface area contributed by atoms with Crippen LogP contribution >= 0.6 is 0 Å². The van der Waals surface area contributed by atoms with Crippen molar-refractivity contribution in [1.82, 2.24) is 24.7 Å². The Balaban J connectivity index is 1.95. The first-order valence-corrected chi connectivity index (χ1v) is 8.38. The van der Waals surface area contributed by atoms with E-state index in [0.717, 1.165) is 0 Å². The maximum atomic E-state index is 12.5. The predicted molar refractivity (Wildman–Crippen MR) is 77.2 cm³/mol. The van der Waals surface area contributed by atoms with Crippen molar-refractivity contribution in [3.8, 4) is 0 Å². The number of likely N-dealkylation sites (N-methyl/N-ethyl adjacent to an activating group) is 1. The van der Waals surface area contributed by atoms with Crippen LogP contribution in [-0.4, -0.2) is 73.0 Å². The van der Waals surface area contributed by atoms with Crippen molar-refractivity contribution >= 4 is 15.9 Å². The third-order valence-corrected chi connectivity index (χ3v) is 5.49. The van der Waals surface area contributed by atoms with Gasteiger partial charge >= 0.3 is 0 Å². The molecule has 1 saturated heterocycles. The number of rotatable bonds is 5. The van der Waals surface area contributed by atoms with Crippen molar-refractivity contribution in [2.24, 2.45) is 0 Å². The summed E-state index contributed by atoms with van der Waals surface area (Å²) in [5.74, 6) is -0.0283. The molecule has 0 saturated carbocycles. The summed E-state index contributed by atoms with van der Waals surface area (Å²) in [6.45, 7) is 6.33. The molecule has 2 heterocycles. The van der Waals surface area contributed by atoms with Gasteiger partial charge in [0.1, 0.15) is 4.90 Å². The number of carbonyl (C=O) groups excluding carboxylic acids is 1. The van der Waals surface area contributed by atoms with Gasteiger partial charge < -0.3 is 5.32 Å². The summed E-state index contributed by atoms with van der Waals surface area (Å²) in [5.41, 5.74) is 0.541. The van der Waals surface area contributed by atoms with Gasteiger partial charge in [-0.15, -0.1) is 0 Å². The van der Waals surface area contributed by atoms with Gasteiger partial charge in [-0.1, -0.05) is 0 Å². The molecule has 0 bridgehead atoms. The third-order valence-electron chi connectivity index (χ3n) is 3.47. The highest BCUT2D eigenvalue weighted by Gasteiger charge is 2.30. The minimum Gasteiger partial charge on any atom is -0.355 e. The normalized spacial score (nSPS) is 17.8. The number of hydrogen-bond acceptors (Lipinski definition) is 5. The van der Waals surface area contributed by atoms with Crippen LogP contribution in [0.2, 0.25) is 0 Å². The Morgan fingerprint density at radius 1 is 1.38 bits per heavy atom. The summed E-state index contributed by atoms with van der Waals surface area (Å²) >= 11 is 0. The van der Waals surface area contributed by atoms with Gasteiger partial charge in [0.05, 0.1) is 18.4 Å². The number of nitrogens with zero attached hydrogens (tertiary/aromatic N) is 3. The van der Waals surface area contributed by atoms with Crippen molar-refractivity contribution in [1.29, 1.82) is 0 Å². The topological polar surface area (TPSA) is 98.4 Å². The van der Waals surface area contributed by atoms with E-state index in [2.05, 4.69) is 15.5 Å². The van der Waals surface area contributed by atoms with Crippen LogP contribution in [-0.2, 0) is 14.8 Å². The summed E-state index contributed by atoms with van der Waals surface area (Å²) in [4.78, 5) is 13.7. The molecule has 118 valence electrons. The Hall–Kier alpha value is -1.45. The van der Waals surface area contributed by atoms with Crippen LogP contribution < -0.4 is 5.32 Å². The highest BCUT2D eigenvalue weighted by atomic mass is 32.2. The number of aryl methyl sites for hydroxylation is 1. The van der Waals surface area contributed by atoms with E-state index in [0.29, 0.717) is 45.0 Å². The number of carbonyl (C=O) groups is 1. The van der Waals surface area contributed by atoms with Crippen molar-refractivity contribution in [3.63, 3.8) is 0 Å². The van der Waals surface area contributed by atoms with Crippen molar-refractivity contribution in [2.75, 3.05) is 39.3 Å². The quantitative estimate of drug-likeness (QED) is 0.738. The summed E-state index contributed by atoms with van der Waals surface area (Å²) in [7, 11) is -3.50. The molecule has 2 rings (SSSR count). The summed E-state index contributed by atoms with van der Waals surface area (Å²) in [6, 6.07) is 0. The van der Waals surface area contributed by atoms with E-state index >= 15 is 0 Å². The summed E-state index contributed by atoms with van der Waals surface area (Å²) in [5, 5.41) is 9.15. The molecule has 9 heteroatoms. The van der Waals surface area contributed by atoms with Crippen LogP contribution in [0.5, 0.6) is 0 Å². The molecule has 0 aliphatic carbocycles. The third kappa shape index (κ3) is 3.60. The second kappa shape index (κ2) is 6.54. The lowest BCUT2D eigenvalue weighted by molar-refractivity contribution is -0.122. The van der Waals surface area contributed by atoms with E-state index in [4.69, 9.17) is 0 Å². The average molecular weight is 315 g/mol. The molecule has 2 N–H and O–H groups in total. The van der Waals surface area contributed by atoms with Crippen molar-refractivity contribution < 1.29 is 13.2 Å². The molecule has 1 aromatic rings. The molecule has 21 heavy (non-hydrogen) atoms. The van der Waals surface area contributed by atoms with Gasteiger partial charge in [0, 0.05) is 32.7 Å². The molecule has 1 aliphatic heterocycles. The van der Waals surface area contributed by atoms with Gasteiger partial charge in [-0.3, -0.25) is 14.8 Å². The van der Waals surface area contributed by atoms with E-state index in [1.807, 2.05) is 11.8 Å². The van der Waals surface area contributed by atoms with Gasteiger partial charge in [-0.2, -0.15) is 9.40 Å². The molecule has 0 unspecified atom stereocenters. The molecular formula is C12H21N5O3S. The number of amides is 1. The molecule has 1 aliphatic rings. The summed E-state index contributed by atoms with van der Waals surface area (Å²) < 4.78 is 26.4. The Bertz CT molecular complexity index is 590. The van der Waals surface area contributed by atoms with Crippen molar-refractivity contribution in [3.05, 3.63) is 11.9 Å². The van der Waals surface area contributed by atoms with Crippen LogP contribution in [0.1, 0.15) is 12.6 Å². The van der Waals surface area contributed by atoms with Gasteiger partial charge in [0.2, 0.25) is 15.9 Å². The first-order chi connectivity index (χ1) is 9.95. The number of sulfonamides is 1. The summed E-state index contributed by atoms with van der Waals surface area (Å²) in [6.07, 6.45) is 1.34. The monoisotopic (exact) mass is 315 g/mol. The molecule has 0 aromatic carbocycles. The van der Waals surface area contributed by atoms with Crippen LogP contribution in [0.25, 0.3) is 0 Å². The maximum Gasteiger partial charge on any atom is 0.246 e. The number of aromatic nitrogens is 2. The smallest absolute Gasteiger partial charge is 0.246 e. The van der Waals surface area contributed by atoms with Gasteiger partial charge in [-0.25, -0.2) is 8.42 Å². The fraction of sp³-hybridized carbons (Fsp3) is 0.667. The second-order valence-corrected chi connectivity index (χ2v) is 6.90. The van der Waals surface area contributed by atoms with E-state index in [9.17, 15) is 13.2 Å². The lowest BCUT2D eigenvalue weighted by Crippen LogP contribution is -2.51. The Labute approximate surface area is 124 Å². The highest BCUT2D eigenvalue weighted by Crippen LogP contribution is 2.19. The van der Waals surface area contributed by atoms with E-state index in [-0.39, 0.29) is 10.8 Å². The van der Waals surface area contributed by atoms with Crippen molar-refractivity contribution in [2.45, 2.75) is 18.7 Å².